The van der Waals surface area contributed by atoms with Gasteiger partial charge in [0, 0.05) is 11.1 Å². The average molecular weight is 346 g/mol. The molecule has 4 heteroatoms. The van der Waals surface area contributed by atoms with E-state index in [2.05, 4.69) is 0 Å². The van der Waals surface area contributed by atoms with Crippen LogP contribution in [0, 0.1) is 0 Å². The highest BCUT2D eigenvalue weighted by Gasteiger charge is 2.19. The molecular weight excluding hydrogens is 328 g/mol. The number of aromatic hydroxyl groups is 2. The van der Waals surface area contributed by atoms with Gasteiger partial charge in [0.25, 0.3) is 0 Å². The monoisotopic (exact) mass is 346 g/mol. The van der Waals surface area contributed by atoms with Gasteiger partial charge in [-0.2, -0.15) is 0 Å². The second-order valence-electron chi connectivity index (χ2n) is 6.10. The van der Waals surface area contributed by atoms with Crippen LogP contribution in [0.15, 0.2) is 60.7 Å². The first-order valence-electron chi connectivity index (χ1n) is 8.22. The van der Waals surface area contributed by atoms with Crippen molar-refractivity contribution in [2.24, 2.45) is 0 Å². The molecule has 0 fully saturated rings. The predicted molar refractivity (Wildman–Crippen MR) is 103 cm³/mol. The first-order chi connectivity index (χ1) is 12.6. The van der Waals surface area contributed by atoms with Crippen LogP contribution in [0.3, 0.4) is 0 Å². The summed E-state index contributed by atoms with van der Waals surface area (Å²) in [7, 11) is 3.23. The Morgan fingerprint density at radius 3 is 1.35 bits per heavy atom. The van der Waals surface area contributed by atoms with E-state index in [0.29, 0.717) is 11.5 Å². The Labute approximate surface area is 150 Å². The molecule has 0 saturated heterocycles. The van der Waals surface area contributed by atoms with Gasteiger partial charge in [-0.05, 0) is 57.9 Å². The molecule has 0 radical (unpaired) electrons. The molecule has 0 amide bonds. The lowest BCUT2D eigenvalue weighted by Gasteiger charge is -2.18. The highest BCUT2D eigenvalue weighted by Crippen LogP contribution is 2.46. The molecule has 4 aromatic carbocycles. The summed E-state index contributed by atoms with van der Waals surface area (Å²) < 4.78 is 11.3. The lowest BCUT2D eigenvalue weighted by Crippen LogP contribution is -1.94. The van der Waals surface area contributed by atoms with E-state index < -0.39 is 0 Å². The Morgan fingerprint density at radius 1 is 0.577 bits per heavy atom. The standard InChI is InChI=1S/C22H18O4/c1-25-19-9-5-13-3-7-15(23)11-17(13)21(19)22-18-12-16(24)8-4-14(18)6-10-20(22)26-2/h3-12,23-24H,1-2H3. The summed E-state index contributed by atoms with van der Waals surface area (Å²) in [5.74, 6) is 1.68. The second kappa shape index (κ2) is 6.15. The van der Waals surface area contributed by atoms with Gasteiger partial charge < -0.3 is 19.7 Å². The quantitative estimate of drug-likeness (QED) is 0.542. The van der Waals surface area contributed by atoms with Gasteiger partial charge in [-0.3, -0.25) is 0 Å². The SMILES string of the molecule is COc1ccc2ccc(O)cc2c1-c1c(OC)ccc2ccc(O)cc12. The van der Waals surface area contributed by atoms with Crippen molar-refractivity contribution < 1.29 is 19.7 Å². The van der Waals surface area contributed by atoms with Crippen LogP contribution in [0.1, 0.15) is 0 Å². The number of phenols is 2. The topological polar surface area (TPSA) is 58.9 Å². The molecule has 0 aliphatic carbocycles. The number of rotatable bonds is 3. The molecule has 26 heavy (non-hydrogen) atoms. The number of fused-ring (bicyclic) bond motifs is 2. The van der Waals surface area contributed by atoms with Crippen LogP contribution in [-0.2, 0) is 0 Å². The first-order valence-corrected chi connectivity index (χ1v) is 8.22. The van der Waals surface area contributed by atoms with Crippen LogP contribution in [0.4, 0.5) is 0 Å². The van der Waals surface area contributed by atoms with E-state index in [9.17, 15) is 10.2 Å². The van der Waals surface area contributed by atoms with Crippen molar-refractivity contribution in [3.05, 3.63) is 60.7 Å². The maximum absolute atomic E-state index is 10.0. The van der Waals surface area contributed by atoms with E-state index in [1.807, 2.05) is 36.4 Å². The number of phenolic OH excluding ortho intramolecular Hbond substituents is 2. The minimum absolute atomic E-state index is 0.175. The van der Waals surface area contributed by atoms with Crippen molar-refractivity contribution in [2.45, 2.75) is 0 Å². The predicted octanol–water partition coefficient (Wildman–Crippen LogP) is 5.09. The molecule has 0 bridgehead atoms. The van der Waals surface area contributed by atoms with Gasteiger partial charge in [-0.25, -0.2) is 0 Å². The molecule has 4 nitrogen and oxygen atoms in total. The number of benzene rings is 4. The molecule has 0 atom stereocenters. The summed E-state index contributed by atoms with van der Waals surface area (Å²) in [6.45, 7) is 0. The minimum atomic E-state index is 0.175. The van der Waals surface area contributed by atoms with Gasteiger partial charge in [0.2, 0.25) is 0 Å². The van der Waals surface area contributed by atoms with Crippen molar-refractivity contribution in [2.75, 3.05) is 14.2 Å². The maximum atomic E-state index is 10.0. The summed E-state index contributed by atoms with van der Waals surface area (Å²) in [5.41, 5.74) is 1.63. The van der Waals surface area contributed by atoms with Crippen LogP contribution in [0.5, 0.6) is 23.0 Å². The molecule has 130 valence electrons. The molecular formula is C22H18O4. The number of methoxy groups -OCH3 is 2. The number of hydrogen-bond donors (Lipinski definition) is 2. The zero-order valence-corrected chi connectivity index (χ0v) is 14.5. The fourth-order valence-corrected chi connectivity index (χ4v) is 3.43. The molecule has 0 aliphatic rings. The largest absolute Gasteiger partial charge is 0.508 e. The highest BCUT2D eigenvalue weighted by atomic mass is 16.5. The fourth-order valence-electron chi connectivity index (χ4n) is 3.43. The van der Waals surface area contributed by atoms with Crippen molar-refractivity contribution in [3.63, 3.8) is 0 Å². The van der Waals surface area contributed by atoms with Crippen LogP contribution in [0.2, 0.25) is 0 Å². The van der Waals surface area contributed by atoms with E-state index in [1.54, 1.807) is 38.5 Å². The maximum Gasteiger partial charge on any atom is 0.127 e. The number of ether oxygens (including phenoxy) is 2. The summed E-state index contributed by atoms with van der Waals surface area (Å²) >= 11 is 0. The Balaban J connectivity index is 2.22. The van der Waals surface area contributed by atoms with Crippen molar-refractivity contribution >= 4 is 21.5 Å². The molecule has 0 aromatic heterocycles. The van der Waals surface area contributed by atoms with Gasteiger partial charge >= 0.3 is 0 Å². The summed E-state index contributed by atoms with van der Waals surface area (Å²) in [6.07, 6.45) is 0. The second-order valence-corrected chi connectivity index (χ2v) is 6.10. The normalized spacial score (nSPS) is 11.0. The van der Waals surface area contributed by atoms with E-state index in [0.717, 1.165) is 32.7 Å². The van der Waals surface area contributed by atoms with Gasteiger partial charge in [0.1, 0.15) is 23.0 Å². The number of hydrogen-bond acceptors (Lipinski definition) is 4. The zero-order valence-electron chi connectivity index (χ0n) is 14.5. The van der Waals surface area contributed by atoms with E-state index >= 15 is 0 Å². The molecule has 4 rings (SSSR count). The molecule has 0 saturated carbocycles. The van der Waals surface area contributed by atoms with Crippen molar-refractivity contribution in [1.29, 1.82) is 0 Å². The van der Waals surface area contributed by atoms with Crippen molar-refractivity contribution in [3.8, 4) is 34.1 Å². The third-order valence-corrected chi connectivity index (χ3v) is 4.62. The molecule has 0 aliphatic heterocycles. The Hall–Kier alpha value is -3.40. The Morgan fingerprint density at radius 2 is 0.962 bits per heavy atom. The smallest absolute Gasteiger partial charge is 0.127 e. The first kappa shape index (κ1) is 16.1. The van der Waals surface area contributed by atoms with E-state index in [-0.39, 0.29) is 11.5 Å². The van der Waals surface area contributed by atoms with Gasteiger partial charge in [-0.15, -0.1) is 0 Å². The van der Waals surface area contributed by atoms with Crippen LogP contribution < -0.4 is 9.47 Å². The van der Waals surface area contributed by atoms with Gasteiger partial charge in [-0.1, -0.05) is 24.3 Å². The van der Waals surface area contributed by atoms with Gasteiger partial charge in [0.05, 0.1) is 14.2 Å². The van der Waals surface area contributed by atoms with Gasteiger partial charge in [0.15, 0.2) is 0 Å². The van der Waals surface area contributed by atoms with E-state index in [4.69, 9.17) is 9.47 Å². The zero-order chi connectivity index (χ0) is 18.3. The lowest BCUT2D eigenvalue weighted by molar-refractivity contribution is 0.411. The Kier molecular flexibility index (Phi) is 3.81. The van der Waals surface area contributed by atoms with Crippen LogP contribution in [-0.4, -0.2) is 24.4 Å². The summed E-state index contributed by atoms with van der Waals surface area (Å²) in [6, 6.07) is 18.2. The van der Waals surface area contributed by atoms with E-state index in [1.165, 1.54) is 0 Å². The summed E-state index contributed by atoms with van der Waals surface area (Å²) in [4.78, 5) is 0. The lowest BCUT2D eigenvalue weighted by atomic mass is 9.92. The van der Waals surface area contributed by atoms with Crippen LogP contribution in [0.25, 0.3) is 32.7 Å². The minimum Gasteiger partial charge on any atom is -0.508 e. The fraction of sp³-hybridized carbons (Fsp3) is 0.0909. The Bertz CT molecular complexity index is 1040. The van der Waals surface area contributed by atoms with Crippen molar-refractivity contribution in [1.82, 2.24) is 0 Å². The molecule has 0 spiro atoms. The molecule has 0 heterocycles. The van der Waals surface area contributed by atoms with Crippen LogP contribution >= 0.6 is 0 Å². The molecule has 4 aromatic rings. The third kappa shape index (κ3) is 2.47. The highest BCUT2D eigenvalue weighted by molar-refractivity contribution is 6.10. The third-order valence-electron chi connectivity index (χ3n) is 4.62. The molecule has 0 unspecified atom stereocenters. The summed E-state index contributed by atoms with van der Waals surface area (Å²) in [5, 5.41) is 23.7. The molecule has 2 N–H and O–H groups in total. The average Bonchev–Trinajstić information content (AvgIpc) is 2.66.